The van der Waals surface area contributed by atoms with E-state index in [4.69, 9.17) is 27.9 Å². The number of rotatable bonds is 3. The second kappa shape index (κ2) is 8.15. The normalized spacial score (nSPS) is 15.1. The molecule has 138 valence electrons. The van der Waals surface area contributed by atoms with Gasteiger partial charge in [0, 0.05) is 31.9 Å². The van der Waals surface area contributed by atoms with Crippen LogP contribution < -0.4 is 10.2 Å². The van der Waals surface area contributed by atoms with E-state index in [1.807, 2.05) is 12.1 Å². The van der Waals surface area contributed by atoms with Gasteiger partial charge in [-0.05, 0) is 39.0 Å². The summed E-state index contributed by atoms with van der Waals surface area (Å²) in [4.78, 5) is 27.7. The Labute approximate surface area is 158 Å². The average Bonchev–Trinajstić information content (AvgIpc) is 2.54. The number of anilines is 1. The number of carbonyl (C=O) groups is 2. The Kier molecular flexibility index (Phi) is 6.41. The van der Waals surface area contributed by atoms with Gasteiger partial charge in [0.15, 0.2) is 0 Å². The van der Waals surface area contributed by atoms with Crippen molar-refractivity contribution in [3.8, 4) is 0 Å². The topological polar surface area (TPSA) is 61.9 Å². The lowest BCUT2D eigenvalue weighted by Crippen LogP contribution is -2.51. The summed E-state index contributed by atoms with van der Waals surface area (Å²) < 4.78 is 5.12. The van der Waals surface area contributed by atoms with E-state index in [2.05, 4.69) is 10.2 Å². The Morgan fingerprint density at radius 2 is 1.76 bits per heavy atom. The summed E-state index contributed by atoms with van der Waals surface area (Å²) in [5, 5.41) is 3.53. The third-order valence-electron chi connectivity index (χ3n) is 3.68. The number of hydrogen-bond acceptors (Lipinski definition) is 4. The van der Waals surface area contributed by atoms with E-state index >= 15 is 0 Å². The number of ether oxygens (including phenoxy) is 1. The standard InChI is InChI=1S/C17H23Cl2N3O3/c1-17(2,3)25-16(24)20-11-15(23)22-8-6-21(7-9-22)12-4-5-13(18)14(19)10-12/h4-5,10H,6-9,11H2,1-3H3,(H,20,24). The first-order valence-electron chi connectivity index (χ1n) is 8.10. The number of piperazine rings is 1. The van der Waals surface area contributed by atoms with Crippen LogP contribution in [0.25, 0.3) is 0 Å². The predicted molar refractivity (Wildman–Crippen MR) is 99.5 cm³/mol. The summed E-state index contributed by atoms with van der Waals surface area (Å²) in [6.45, 7) is 7.79. The van der Waals surface area contributed by atoms with Crippen LogP contribution in [0.4, 0.5) is 10.5 Å². The van der Waals surface area contributed by atoms with Crippen LogP contribution in [0, 0.1) is 0 Å². The third-order valence-corrected chi connectivity index (χ3v) is 4.42. The molecule has 1 N–H and O–H groups in total. The van der Waals surface area contributed by atoms with Gasteiger partial charge in [0.2, 0.25) is 5.91 Å². The minimum Gasteiger partial charge on any atom is -0.444 e. The number of halogens is 2. The second-order valence-electron chi connectivity index (χ2n) is 6.82. The number of alkyl carbamates (subject to hydrolysis) is 1. The molecule has 1 aromatic carbocycles. The highest BCUT2D eigenvalue weighted by Gasteiger charge is 2.23. The quantitative estimate of drug-likeness (QED) is 0.864. The first-order chi connectivity index (χ1) is 11.7. The van der Waals surface area contributed by atoms with E-state index in [1.54, 1.807) is 31.7 Å². The SMILES string of the molecule is CC(C)(C)OC(=O)NCC(=O)N1CCN(c2ccc(Cl)c(Cl)c2)CC1. The summed E-state index contributed by atoms with van der Waals surface area (Å²) in [5.41, 5.74) is 0.395. The zero-order valence-electron chi connectivity index (χ0n) is 14.6. The minimum absolute atomic E-state index is 0.0678. The van der Waals surface area contributed by atoms with Crippen LogP contribution in [-0.2, 0) is 9.53 Å². The zero-order valence-corrected chi connectivity index (χ0v) is 16.2. The van der Waals surface area contributed by atoms with Gasteiger partial charge in [-0.3, -0.25) is 4.79 Å². The third kappa shape index (κ3) is 5.97. The molecule has 0 unspecified atom stereocenters. The van der Waals surface area contributed by atoms with Gasteiger partial charge < -0.3 is 19.9 Å². The molecule has 1 aromatic rings. The second-order valence-corrected chi connectivity index (χ2v) is 7.64. The van der Waals surface area contributed by atoms with Crippen molar-refractivity contribution in [2.24, 2.45) is 0 Å². The summed E-state index contributed by atoms with van der Waals surface area (Å²) in [6, 6.07) is 5.50. The Morgan fingerprint density at radius 1 is 1.12 bits per heavy atom. The lowest BCUT2D eigenvalue weighted by atomic mass is 10.2. The molecule has 2 rings (SSSR count). The molecule has 1 aliphatic rings. The van der Waals surface area contributed by atoms with E-state index in [-0.39, 0.29) is 12.5 Å². The molecule has 25 heavy (non-hydrogen) atoms. The first kappa shape index (κ1) is 19.7. The highest BCUT2D eigenvalue weighted by atomic mass is 35.5. The van der Waals surface area contributed by atoms with Crippen LogP contribution in [0.15, 0.2) is 18.2 Å². The fourth-order valence-electron chi connectivity index (χ4n) is 2.47. The monoisotopic (exact) mass is 387 g/mol. The Hall–Kier alpha value is -1.66. The van der Waals surface area contributed by atoms with E-state index in [9.17, 15) is 9.59 Å². The fraction of sp³-hybridized carbons (Fsp3) is 0.529. The number of hydrogen-bond donors (Lipinski definition) is 1. The van der Waals surface area contributed by atoms with Crippen LogP contribution in [-0.4, -0.2) is 55.2 Å². The number of amides is 2. The van der Waals surface area contributed by atoms with E-state index < -0.39 is 11.7 Å². The van der Waals surface area contributed by atoms with Gasteiger partial charge in [-0.2, -0.15) is 0 Å². The largest absolute Gasteiger partial charge is 0.444 e. The summed E-state index contributed by atoms with van der Waals surface area (Å²) in [6.07, 6.45) is -0.588. The van der Waals surface area contributed by atoms with Crippen molar-refractivity contribution in [2.75, 3.05) is 37.6 Å². The van der Waals surface area contributed by atoms with Gasteiger partial charge in [-0.1, -0.05) is 23.2 Å². The zero-order chi connectivity index (χ0) is 18.6. The smallest absolute Gasteiger partial charge is 0.408 e. The van der Waals surface area contributed by atoms with E-state index in [0.29, 0.717) is 36.2 Å². The molecule has 0 saturated carbocycles. The molecule has 8 heteroatoms. The van der Waals surface area contributed by atoms with Crippen molar-refractivity contribution < 1.29 is 14.3 Å². The molecule has 6 nitrogen and oxygen atoms in total. The van der Waals surface area contributed by atoms with Crippen molar-refractivity contribution >= 4 is 40.9 Å². The van der Waals surface area contributed by atoms with Crippen LogP contribution >= 0.6 is 23.2 Å². The Bertz CT molecular complexity index is 639. The van der Waals surface area contributed by atoms with Crippen molar-refractivity contribution in [1.82, 2.24) is 10.2 Å². The van der Waals surface area contributed by atoms with E-state index in [0.717, 1.165) is 5.69 Å². The molecule has 2 amide bonds. The molecular weight excluding hydrogens is 365 g/mol. The first-order valence-corrected chi connectivity index (χ1v) is 8.86. The van der Waals surface area contributed by atoms with Crippen LogP contribution in [0.1, 0.15) is 20.8 Å². The molecule has 1 fully saturated rings. The molecule has 0 atom stereocenters. The van der Waals surface area contributed by atoms with Crippen LogP contribution in [0.3, 0.4) is 0 Å². The van der Waals surface area contributed by atoms with Gasteiger partial charge in [-0.15, -0.1) is 0 Å². The number of nitrogens with one attached hydrogen (secondary N) is 1. The molecule has 0 aliphatic carbocycles. The lowest BCUT2D eigenvalue weighted by molar-refractivity contribution is -0.130. The summed E-state index contributed by atoms with van der Waals surface area (Å²) >= 11 is 12.0. The highest BCUT2D eigenvalue weighted by Crippen LogP contribution is 2.27. The van der Waals surface area contributed by atoms with Gasteiger partial charge in [0.1, 0.15) is 12.1 Å². The molecule has 1 heterocycles. The predicted octanol–water partition coefficient (Wildman–Crippen LogP) is 3.17. The fourth-order valence-corrected chi connectivity index (χ4v) is 2.76. The maximum Gasteiger partial charge on any atom is 0.408 e. The molecule has 0 radical (unpaired) electrons. The maximum absolute atomic E-state index is 12.2. The molecule has 0 aromatic heterocycles. The molecule has 1 aliphatic heterocycles. The van der Waals surface area contributed by atoms with E-state index in [1.165, 1.54) is 0 Å². The van der Waals surface area contributed by atoms with Crippen molar-refractivity contribution in [2.45, 2.75) is 26.4 Å². The number of benzene rings is 1. The Morgan fingerprint density at radius 3 is 2.32 bits per heavy atom. The molecule has 1 saturated heterocycles. The van der Waals surface area contributed by atoms with Crippen molar-refractivity contribution in [3.63, 3.8) is 0 Å². The summed E-state index contributed by atoms with van der Waals surface area (Å²) in [5.74, 6) is -0.125. The van der Waals surface area contributed by atoms with Gasteiger partial charge >= 0.3 is 6.09 Å². The maximum atomic E-state index is 12.2. The van der Waals surface area contributed by atoms with Crippen molar-refractivity contribution in [1.29, 1.82) is 0 Å². The molecule has 0 spiro atoms. The highest BCUT2D eigenvalue weighted by molar-refractivity contribution is 6.42. The molecular formula is C17H23Cl2N3O3. The number of nitrogens with zero attached hydrogens (tertiary/aromatic N) is 2. The molecule has 0 bridgehead atoms. The van der Waals surface area contributed by atoms with Gasteiger partial charge in [0.05, 0.1) is 10.0 Å². The van der Waals surface area contributed by atoms with Crippen molar-refractivity contribution in [3.05, 3.63) is 28.2 Å². The van der Waals surface area contributed by atoms with Crippen LogP contribution in [0.5, 0.6) is 0 Å². The number of carbonyl (C=O) groups excluding carboxylic acids is 2. The van der Waals surface area contributed by atoms with Gasteiger partial charge in [-0.25, -0.2) is 4.79 Å². The lowest BCUT2D eigenvalue weighted by Gasteiger charge is -2.36. The van der Waals surface area contributed by atoms with Crippen LogP contribution in [0.2, 0.25) is 10.0 Å². The Balaban J connectivity index is 1.80. The average molecular weight is 388 g/mol. The minimum atomic E-state index is -0.588. The summed E-state index contributed by atoms with van der Waals surface area (Å²) in [7, 11) is 0. The van der Waals surface area contributed by atoms with Gasteiger partial charge in [0.25, 0.3) is 0 Å².